The number of carbonyl (C=O) groups excluding carboxylic acids is 1. The van der Waals surface area contributed by atoms with Gasteiger partial charge < -0.3 is 9.88 Å². The minimum Gasteiger partial charge on any atom is -0.342 e. The molecule has 7 heteroatoms. The molecule has 1 aromatic carbocycles. The maximum atomic E-state index is 12.6. The van der Waals surface area contributed by atoms with Gasteiger partial charge in [-0.05, 0) is 38.3 Å². The van der Waals surface area contributed by atoms with E-state index in [0.717, 1.165) is 48.6 Å². The predicted molar refractivity (Wildman–Crippen MR) is 98.8 cm³/mol. The highest BCUT2D eigenvalue weighted by Gasteiger charge is 2.26. The molecule has 136 valence electrons. The number of aromatic nitrogens is 5. The maximum absolute atomic E-state index is 12.6. The van der Waals surface area contributed by atoms with Gasteiger partial charge in [-0.15, -0.1) is 0 Å². The SMILES string of the molecule is Cc1nc(CCC(=O)N2CCC[C@@H](c3nc4c(C)cccc4[nH]3)C2)n[nH]1. The molecule has 3 aromatic rings. The molecule has 1 saturated heterocycles. The molecule has 0 radical (unpaired) electrons. The number of hydrogen-bond acceptors (Lipinski definition) is 4. The van der Waals surface area contributed by atoms with Crippen molar-refractivity contribution in [2.75, 3.05) is 13.1 Å². The molecule has 1 amide bonds. The van der Waals surface area contributed by atoms with Crippen LogP contribution in [0.3, 0.4) is 0 Å². The number of H-pyrrole nitrogens is 2. The van der Waals surface area contributed by atoms with Crippen LogP contribution in [0.25, 0.3) is 11.0 Å². The molecule has 2 N–H and O–H groups in total. The fourth-order valence-corrected chi connectivity index (χ4v) is 3.69. The first-order valence-corrected chi connectivity index (χ1v) is 9.21. The van der Waals surface area contributed by atoms with Crippen LogP contribution in [0.5, 0.6) is 0 Å². The van der Waals surface area contributed by atoms with Crippen LogP contribution >= 0.6 is 0 Å². The van der Waals surface area contributed by atoms with E-state index in [9.17, 15) is 4.79 Å². The number of imidazole rings is 1. The van der Waals surface area contributed by atoms with E-state index in [0.29, 0.717) is 18.7 Å². The zero-order valence-electron chi connectivity index (χ0n) is 15.2. The fourth-order valence-electron chi connectivity index (χ4n) is 3.69. The Morgan fingerprint density at radius 1 is 1.31 bits per heavy atom. The van der Waals surface area contributed by atoms with Crippen LogP contribution in [0.4, 0.5) is 0 Å². The third kappa shape index (κ3) is 3.34. The molecule has 0 unspecified atom stereocenters. The van der Waals surface area contributed by atoms with Gasteiger partial charge in [0.1, 0.15) is 11.6 Å². The van der Waals surface area contributed by atoms with Crippen molar-refractivity contribution in [1.29, 1.82) is 0 Å². The van der Waals surface area contributed by atoms with Crippen LogP contribution in [0.15, 0.2) is 18.2 Å². The van der Waals surface area contributed by atoms with Crippen LogP contribution < -0.4 is 0 Å². The number of likely N-dealkylation sites (tertiary alicyclic amines) is 1. The first kappa shape index (κ1) is 16.8. The Balaban J connectivity index is 1.42. The Hall–Kier alpha value is -2.70. The van der Waals surface area contributed by atoms with E-state index in [1.165, 1.54) is 5.56 Å². The zero-order valence-corrected chi connectivity index (χ0v) is 15.2. The molecular weight excluding hydrogens is 328 g/mol. The standard InChI is InChI=1S/C19H24N6O/c1-12-5-3-7-15-18(12)22-19(21-15)14-6-4-10-25(11-14)17(26)9-8-16-20-13(2)23-24-16/h3,5,7,14H,4,6,8-11H2,1-2H3,(H,21,22)(H,20,23,24)/t14-/m1/s1. The molecule has 0 spiro atoms. The number of nitrogens with one attached hydrogen (secondary N) is 2. The second-order valence-corrected chi connectivity index (χ2v) is 7.11. The Labute approximate surface area is 152 Å². The lowest BCUT2D eigenvalue weighted by molar-refractivity contribution is -0.132. The largest absolute Gasteiger partial charge is 0.342 e. The van der Waals surface area contributed by atoms with Crippen LogP contribution in [-0.4, -0.2) is 49.0 Å². The van der Waals surface area contributed by atoms with Gasteiger partial charge in [-0.3, -0.25) is 9.89 Å². The Morgan fingerprint density at radius 2 is 2.19 bits per heavy atom. The van der Waals surface area contributed by atoms with Crippen LogP contribution in [0, 0.1) is 13.8 Å². The summed E-state index contributed by atoms with van der Waals surface area (Å²) in [4.78, 5) is 27.1. The van der Waals surface area contributed by atoms with E-state index in [1.807, 2.05) is 17.9 Å². The number of piperidine rings is 1. The topological polar surface area (TPSA) is 90.6 Å². The second kappa shape index (κ2) is 6.90. The van der Waals surface area contributed by atoms with Crippen molar-refractivity contribution in [3.05, 3.63) is 41.2 Å². The third-order valence-electron chi connectivity index (χ3n) is 5.10. The van der Waals surface area contributed by atoms with Gasteiger partial charge in [0.2, 0.25) is 5.91 Å². The van der Waals surface area contributed by atoms with Gasteiger partial charge >= 0.3 is 0 Å². The molecule has 1 fully saturated rings. The average molecular weight is 352 g/mol. The van der Waals surface area contributed by atoms with Crippen LogP contribution in [0.2, 0.25) is 0 Å². The maximum Gasteiger partial charge on any atom is 0.223 e. The van der Waals surface area contributed by atoms with Crippen molar-refractivity contribution in [1.82, 2.24) is 30.0 Å². The number of aryl methyl sites for hydroxylation is 3. The highest BCUT2D eigenvalue weighted by Crippen LogP contribution is 2.28. The van der Waals surface area contributed by atoms with Crippen molar-refractivity contribution in [2.24, 2.45) is 0 Å². The first-order chi connectivity index (χ1) is 12.6. The second-order valence-electron chi connectivity index (χ2n) is 7.11. The number of aromatic amines is 2. The summed E-state index contributed by atoms with van der Waals surface area (Å²) in [6.45, 7) is 5.49. The fraction of sp³-hybridized carbons (Fsp3) is 0.474. The monoisotopic (exact) mass is 352 g/mol. The highest BCUT2D eigenvalue weighted by atomic mass is 16.2. The minimum absolute atomic E-state index is 0.171. The number of rotatable bonds is 4. The summed E-state index contributed by atoms with van der Waals surface area (Å²) < 4.78 is 0. The van der Waals surface area contributed by atoms with E-state index in [-0.39, 0.29) is 11.8 Å². The van der Waals surface area contributed by atoms with E-state index >= 15 is 0 Å². The van der Waals surface area contributed by atoms with Crippen molar-refractivity contribution in [3.8, 4) is 0 Å². The van der Waals surface area contributed by atoms with E-state index in [1.54, 1.807) is 0 Å². The van der Waals surface area contributed by atoms with Crippen molar-refractivity contribution < 1.29 is 4.79 Å². The number of para-hydroxylation sites is 1. The number of amides is 1. The summed E-state index contributed by atoms with van der Waals surface area (Å²) in [6.07, 6.45) is 3.09. The molecule has 4 rings (SSSR count). The number of benzene rings is 1. The molecule has 1 aliphatic heterocycles. The number of carbonyl (C=O) groups is 1. The summed E-state index contributed by atoms with van der Waals surface area (Å²) in [7, 11) is 0. The quantitative estimate of drug-likeness (QED) is 0.755. The van der Waals surface area contributed by atoms with E-state index < -0.39 is 0 Å². The smallest absolute Gasteiger partial charge is 0.223 e. The van der Waals surface area contributed by atoms with Crippen molar-refractivity contribution in [3.63, 3.8) is 0 Å². The number of fused-ring (bicyclic) bond motifs is 1. The molecule has 7 nitrogen and oxygen atoms in total. The molecular formula is C19H24N6O. The molecule has 2 aromatic heterocycles. The average Bonchev–Trinajstić information content (AvgIpc) is 3.27. The third-order valence-corrected chi connectivity index (χ3v) is 5.10. The Kier molecular flexibility index (Phi) is 4.44. The first-order valence-electron chi connectivity index (χ1n) is 9.21. The van der Waals surface area contributed by atoms with E-state index in [2.05, 4.69) is 39.2 Å². The van der Waals surface area contributed by atoms with Gasteiger partial charge in [-0.25, -0.2) is 9.97 Å². The summed E-state index contributed by atoms with van der Waals surface area (Å²) in [6, 6.07) is 6.18. The Bertz CT molecular complexity index is 927. The summed E-state index contributed by atoms with van der Waals surface area (Å²) >= 11 is 0. The summed E-state index contributed by atoms with van der Waals surface area (Å²) in [5.74, 6) is 2.92. The molecule has 3 heterocycles. The summed E-state index contributed by atoms with van der Waals surface area (Å²) in [5.41, 5.74) is 3.28. The predicted octanol–water partition coefficient (Wildman–Crippen LogP) is 2.64. The lowest BCUT2D eigenvalue weighted by Crippen LogP contribution is -2.39. The van der Waals surface area contributed by atoms with Crippen molar-refractivity contribution >= 4 is 16.9 Å². The van der Waals surface area contributed by atoms with Gasteiger partial charge in [0, 0.05) is 31.8 Å². The Morgan fingerprint density at radius 3 is 2.96 bits per heavy atom. The van der Waals surface area contributed by atoms with Gasteiger partial charge in [0.15, 0.2) is 5.82 Å². The van der Waals surface area contributed by atoms with Crippen LogP contribution in [-0.2, 0) is 11.2 Å². The highest BCUT2D eigenvalue weighted by molar-refractivity contribution is 5.79. The minimum atomic E-state index is 0.171. The molecule has 0 saturated carbocycles. The lowest BCUT2D eigenvalue weighted by atomic mass is 9.97. The van der Waals surface area contributed by atoms with Gasteiger partial charge in [-0.1, -0.05) is 12.1 Å². The summed E-state index contributed by atoms with van der Waals surface area (Å²) in [5, 5.41) is 6.93. The normalized spacial score (nSPS) is 17.8. The number of hydrogen-bond donors (Lipinski definition) is 2. The molecule has 0 aliphatic carbocycles. The zero-order chi connectivity index (χ0) is 18.1. The van der Waals surface area contributed by atoms with Crippen LogP contribution in [0.1, 0.15) is 48.2 Å². The molecule has 1 aliphatic rings. The van der Waals surface area contributed by atoms with E-state index in [4.69, 9.17) is 4.98 Å². The molecule has 26 heavy (non-hydrogen) atoms. The molecule has 0 bridgehead atoms. The van der Waals surface area contributed by atoms with Gasteiger partial charge in [0.05, 0.1) is 11.0 Å². The lowest BCUT2D eigenvalue weighted by Gasteiger charge is -2.31. The van der Waals surface area contributed by atoms with Crippen molar-refractivity contribution in [2.45, 2.75) is 45.4 Å². The van der Waals surface area contributed by atoms with Gasteiger partial charge in [-0.2, -0.15) is 5.10 Å². The number of nitrogens with zero attached hydrogens (tertiary/aromatic N) is 4. The van der Waals surface area contributed by atoms with Gasteiger partial charge in [0.25, 0.3) is 0 Å². The molecule has 1 atom stereocenters.